The van der Waals surface area contributed by atoms with Crippen LogP contribution in [-0.2, 0) is 0 Å². The van der Waals surface area contributed by atoms with Gasteiger partial charge in [0.05, 0.1) is 0 Å². The second kappa shape index (κ2) is 0.672. The first-order valence-corrected chi connectivity index (χ1v) is 4.03. The molecule has 6 atom stereocenters. The van der Waals surface area contributed by atoms with E-state index in [-0.39, 0.29) is 11.8 Å². The molecule has 6 aliphatic carbocycles. The molecule has 11 heavy (non-hydrogen) atoms. The smallest absolute Gasteiger partial charge is 0.149 e. The highest BCUT2D eigenvalue weighted by Crippen LogP contribution is 3.01. The summed E-state index contributed by atoms with van der Waals surface area (Å²) in [7, 11) is 0. The van der Waals surface area contributed by atoms with Crippen LogP contribution in [0.3, 0.4) is 0 Å². The number of hydrogen-bond acceptors (Lipinski definition) is 3. The summed E-state index contributed by atoms with van der Waals surface area (Å²) in [6.45, 7) is 0. The molecule has 0 aromatic carbocycles. The highest BCUT2D eigenvalue weighted by Gasteiger charge is 3.12. The first kappa shape index (κ1) is 4.60. The van der Waals surface area contributed by atoms with Gasteiger partial charge in [-0.15, -0.1) is 0 Å². The van der Waals surface area contributed by atoms with Crippen molar-refractivity contribution in [2.24, 2.45) is 17.8 Å². The molecule has 0 radical (unpaired) electrons. The van der Waals surface area contributed by atoms with Gasteiger partial charge in [0.2, 0.25) is 0 Å². The van der Waals surface area contributed by atoms with E-state index in [0.717, 1.165) is 11.1 Å². The summed E-state index contributed by atoms with van der Waals surface area (Å²) in [4.78, 5) is 0. The van der Waals surface area contributed by atoms with Gasteiger partial charge >= 0.3 is 0 Å². The van der Waals surface area contributed by atoms with E-state index in [2.05, 4.69) is 0 Å². The molecule has 3 N–H and O–H groups in total. The fourth-order valence-corrected chi connectivity index (χ4v) is 4.71. The lowest BCUT2D eigenvalue weighted by molar-refractivity contribution is -0.546. The Bertz CT molecular complexity index is 400. The van der Waals surface area contributed by atoms with Crippen LogP contribution in [0.5, 0.6) is 0 Å². The van der Waals surface area contributed by atoms with Crippen molar-refractivity contribution < 1.29 is 15.3 Å². The Morgan fingerprint density at radius 3 is 2.18 bits per heavy atom. The third-order valence-corrected chi connectivity index (χ3v) is 4.98. The number of hydrogen-bond donors (Lipinski definition) is 3. The zero-order valence-corrected chi connectivity index (χ0v) is 5.57. The van der Waals surface area contributed by atoms with Gasteiger partial charge < -0.3 is 15.3 Å². The van der Waals surface area contributed by atoms with Crippen molar-refractivity contribution in [3.8, 4) is 0 Å². The van der Waals surface area contributed by atoms with Crippen LogP contribution in [0.1, 0.15) is 0 Å². The summed E-state index contributed by atoms with van der Waals surface area (Å²) >= 11 is 0. The van der Waals surface area contributed by atoms with E-state index in [1.807, 2.05) is 0 Å². The van der Waals surface area contributed by atoms with E-state index in [1.54, 1.807) is 0 Å². The lowest BCUT2D eigenvalue weighted by Gasteiger charge is -3.03. The summed E-state index contributed by atoms with van der Waals surface area (Å²) in [6.07, 6.45) is 0. The predicted octanol–water partition coefficient (Wildman–Crippen LogP) is -1.61. The normalized spacial score (nSPS) is 89.2. The number of aliphatic hydroxyl groups is 3. The maximum absolute atomic E-state index is 9.79. The Morgan fingerprint density at radius 1 is 1.09 bits per heavy atom. The Labute approximate surface area is 62.0 Å². The van der Waals surface area contributed by atoms with Crippen LogP contribution in [0.15, 0.2) is 11.1 Å². The topological polar surface area (TPSA) is 60.7 Å². The van der Waals surface area contributed by atoms with Gasteiger partial charge in [-0.1, -0.05) is 0 Å². The molecular formula is C8H6O3. The maximum atomic E-state index is 9.79. The standard InChI is InChI=1S/C8H6O3/c9-6-2-1-3-4(2)8(6,11)7(3,10)5(1)6/h1-2,5,9-11H. The summed E-state index contributed by atoms with van der Waals surface area (Å²) < 4.78 is 0. The van der Waals surface area contributed by atoms with Gasteiger partial charge in [-0.3, -0.25) is 0 Å². The summed E-state index contributed by atoms with van der Waals surface area (Å²) in [5, 5.41) is 29.3. The molecule has 4 fully saturated rings. The highest BCUT2D eigenvalue weighted by atomic mass is 16.4. The molecule has 0 bridgehead atoms. The van der Waals surface area contributed by atoms with Gasteiger partial charge in [0, 0.05) is 17.8 Å². The van der Waals surface area contributed by atoms with Crippen LogP contribution < -0.4 is 0 Å². The average molecular weight is 150 g/mol. The monoisotopic (exact) mass is 150 g/mol. The molecule has 0 aromatic rings. The molecule has 6 unspecified atom stereocenters. The second-order valence-corrected chi connectivity index (χ2v) is 4.61. The Balaban J connectivity index is 2.03. The van der Waals surface area contributed by atoms with Crippen LogP contribution in [0.4, 0.5) is 0 Å². The SMILES string of the molecule is OC12C3=C4C5C3C1C5(O)C42O. The van der Waals surface area contributed by atoms with Crippen molar-refractivity contribution in [1.29, 1.82) is 0 Å². The first-order valence-electron chi connectivity index (χ1n) is 4.03. The van der Waals surface area contributed by atoms with E-state index in [9.17, 15) is 15.3 Å². The quantitative estimate of drug-likeness (QED) is 0.364. The Hall–Kier alpha value is -0.380. The van der Waals surface area contributed by atoms with Gasteiger partial charge in [-0.05, 0) is 11.1 Å². The van der Waals surface area contributed by atoms with Gasteiger partial charge in [-0.2, -0.15) is 0 Å². The van der Waals surface area contributed by atoms with Crippen molar-refractivity contribution in [1.82, 2.24) is 0 Å². The molecule has 0 aromatic heterocycles. The van der Waals surface area contributed by atoms with Crippen LogP contribution in [0.2, 0.25) is 0 Å². The van der Waals surface area contributed by atoms with Crippen molar-refractivity contribution in [2.45, 2.75) is 16.8 Å². The zero-order valence-electron chi connectivity index (χ0n) is 5.57. The number of rotatable bonds is 0. The van der Waals surface area contributed by atoms with Crippen LogP contribution in [0, 0.1) is 17.8 Å². The molecule has 0 saturated heterocycles. The molecule has 6 rings (SSSR count). The van der Waals surface area contributed by atoms with Crippen LogP contribution in [-0.4, -0.2) is 32.1 Å². The first-order chi connectivity index (χ1) is 5.11. The summed E-state index contributed by atoms with van der Waals surface area (Å²) in [5.41, 5.74) is -0.944. The Kier molecular flexibility index (Phi) is 0.281. The van der Waals surface area contributed by atoms with E-state index >= 15 is 0 Å². The molecule has 0 aliphatic heterocycles. The molecular weight excluding hydrogens is 144 g/mol. The van der Waals surface area contributed by atoms with E-state index in [1.165, 1.54) is 0 Å². The van der Waals surface area contributed by atoms with Crippen molar-refractivity contribution >= 4 is 0 Å². The lowest BCUT2D eigenvalue weighted by Crippen LogP contribution is -3.16. The molecule has 0 amide bonds. The van der Waals surface area contributed by atoms with Crippen molar-refractivity contribution in [3.63, 3.8) is 0 Å². The van der Waals surface area contributed by atoms with Crippen LogP contribution in [0.25, 0.3) is 0 Å². The third-order valence-electron chi connectivity index (χ3n) is 4.98. The molecule has 4 saturated carbocycles. The average Bonchev–Trinajstić information content (AvgIpc) is 1.92. The summed E-state index contributed by atoms with van der Waals surface area (Å²) in [6, 6.07) is 0. The van der Waals surface area contributed by atoms with E-state index in [0.29, 0.717) is 5.92 Å². The molecule has 0 heterocycles. The van der Waals surface area contributed by atoms with Gasteiger partial charge in [0.25, 0.3) is 0 Å². The molecule has 3 heteroatoms. The molecule has 6 aliphatic rings. The minimum absolute atomic E-state index is 0.00231. The molecule has 56 valence electrons. The van der Waals surface area contributed by atoms with Gasteiger partial charge in [0.15, 0.2) is 0 Å². The second-order valence-electron chi connectivity index (χ2n) is 4.61. The maximum Gasteiger partial charge on any atom is 0.149 e. The third kappa shape index (κ3) is 0.122. The Morgan fingerprint density at radius 2 is 1.82 bits per heavy atom. The predicted molar refractivity (Wildman–Crippen MR) is 32.3 cm³/mol. The molecule has 3 nitrogen and oxygen atoms in total. The van der Waals surface area contributed by atoms with Crippen LogP contribution >= 0.6 is 0 Å². The van der Waals surface area contributed by atoms with Gasteiger partial charge in [-0.25, -0.2) is 0 Å². The summed E-state index contributed by atoms with van der Waals surface area (Å²) in [5.74, 6) is 0.716. The zero-order chi connectivity index (χ0) is 7.39. The fourth-order valence-electron chi connectivity index (χ4n) is 4.71. The van der Waals surface area contributed by atoms with Gasteiger partial charge in [0.1, 0.15) is 16.8 Å². The highest BCUT2D eigenvalue weighted by molar-refractivity contribution is 5.86. The molecule has 0 spiro atoms. The van der Waals surface area contributed by atoms with Crippen molar-refractivity contribution in [3.05, 3.63) is 11.1 Å². The fraction of sp³-hybridized carbons (Fsp3) is 0.750. The van der Waals surface area contributed by atoms with E-state index in [4.69, 9.17) is 0 Å². The van der Waals surface area contributed by atoms with E-state index < -0.39 is 16.8 Å². The minimum atomic E-state index is -1.17. The minimum Gasteiger partial charge on any atom is -0.385 e. The lowest BCUT2D eigenvalue weighted by atomic mass is 9.02. The van der Waals surface area contributed by atoms with Crippen molar-refractivity contribution in [2.75, 3.05) is 0 Å². The largest absolute Gasteiger partial charge is 0.385 e.